The van der Waals surface area contributed by atoms with Crippen molar-refractivity contribution in [1.29, 1.82) is 0 Å². The number of amides is 1. The van der Waals surface area contributed by atoms with Gasteiger partial charge in [-0.3, -0.25) is 9.59 Å². The Bertz CT molecular complexity index is 1610. The molecule has 6 rings (SSSR count). The number of fused-ring (bicyclic) bond motifs is 5. The molecule has 2 atom stereocenters. The summed E-state index contributed by atoms with van der Waals surface area (Å²) in [5.41, 5.74) is -0.483. The van der Waals surface area contributed by atoms with E-state index in [1.54, 1.807) is 32.9 Å². The number of benzene rings is 1. The molecule has 0 bridgehead atoms. The number of carbonyl (C=O) groups is 2. The summed E-state index contributed by atoms with van der Waals surface area (Å²) in [6.07, 6.45) is 0.790. The number of carbonyl (C=O) groups excluding carboxylic acids is 2. The van der Waals surface area contributed by atoms with E-state index in [2.05, 4.69) is 5.32 Å². The van der Waals surface area contributed by atoms with Crippen molar-refractivity contribution >= 4 is 22.8 Å². The summed E-state index contributed by atoms with van der Waals surface area (Å²) in [4.78, 5) is 43.4. The van der Waals surface area contributed by atoms with Gasteiger partial charge >= 0.3 is 5.97 Å². The molecule has 0 spiro atoms. The average molecular weight is 508 g/mol. The molecule has 1 saturated carbocycles. The van der Waals surface area contributed by atoms with Gasteiger partial charge in [-0.2, -0.15) is 0 Å². The molecule has 0 unspecified atom stereocenters. The molecule has 1 aliphatic carbocycles. The molecule has 1 fully saturated rings. The number of ether oxygens (including phenoxy) is 1. The smallest absolute Gasteiger partial charge is 0.343 e. The summed E-state index contributed by atoms with van der Waals surface area (Å²) >= 11 is 0. The van der Waals surface area contributed by atoms with Gasteiger partial charge in [0, 0.05) is 22.6 Å². The maximum absolute atomic E-state index is 14.6. The van der Waals surface area contributed by atoms with Crippen LogP contribution in [0.25, 0.3) is 22.3 Å². The lowest BCUT2D eigenvalue weighted by molar-refractivity contribution is -0.172. The zero-order valence-electron chi connectivity index (χ0n) is 20.6. The van der Waals surface area contributed by atoms with Gasteiger partial charge < -0.3 is 24.8 Å². The van der Waals surface area contributed by atoms with Gasteiger partial charge in [-0.05, 0) is 56.4 Å². The quantitative estimate of drug-likeness (QED) is 0.361. The number of pyridine rings is 2. The molecule has 2 aliphatic heterocycles. The Balaban J connectivity index is 1.59. The second-order valence-electron chi connectivity index (χ2n) is 10.3. The number of aliphatic hydroxyl groups is 2. The van der Waals surface area contributed by atoms with Crippen molar-refractivity contribution in [3.63, 3.8) is 0 Å². The van der Waals surface area contributed by atoms with Gasteiger partial charge in [-0.15, -0.1) is 0 Å². The van der Waals surface area contributed by atoms with Crippen LogP contribution in [0.2, 0.25) is 0 Å². The van der Waals surface area contributed by atoms with E-state index in [1.165, 1.54) is 10.6 Å². The molecule has 2 aromatic heterocycles. The third kappa shape index (κ3) is 3.28. The Morgan fingerprint density at radius 2 is 1.97 bits per heavy atom. The zero-order valence-corrected chi connectivity index (χ0v) is 20.6. The van der Waals surface area contributed by atoms with E-state index in [9.17, 15) is 29.0 Å². The van der Waals surface area contributed by atoms with Gasteiger partial charge in [0.25, 0.3) is 11.5 Å². The second kappa shape index (κ2) is 7.69. The van der Waals surface area contributed by atoms with E-state index in [0.717, 1.165) is 0 Å². The number of esters is 1. The Morgan fingerprint density at radius 1 is 1.24 bits per heavy atom. The first-order valence-electron chi connectivity index (χ1n) is 12.3. The summed E-state index contributed by atoms with van der Waals surface area (Å²) in [7, 11) is 0. The fourth-order valence-electron chi connectivity index (χ4n) is 5.48. The standard InChI is InChI=1S/C27H26FN3O6/c1-4-27(36)17-8-20-22-15(10-31(20)23(32)16(17)11-37-25(27)34)21(13(3)29-24(33)26(35)5-6-26)14-7-12(2)18(28)9-19(14)30-22/h7-9,13,35-36H,4-6,10-11H2,1-3H3,(H,29,33)/t13-,27+/m1/s1. The van der Waals surface area contributed by atoms with Crippen molar-refractivity contribution in [3.05, 3.63) is 62.2 Å². The third-order valence-corrected chi connectivity index (χ3v) is 7.94. The predicted octanol–water partition coefficient (Wildman–Crippen LogP) is 2.23. The monoisotopic (exact) mass is 507 g/mol. The number of nitrogens with zero attached hydrogens (tertiary/aromatic N) is 2. The van der Waals surface area contributed by atoms with Gasteiger partial charge in [-0.1, -0.05) is 6.92 Å². The lowest BCUT2D eigenvalue weighted by atomic mass is 9.86. The SMILES string of the molecule is CC[C@@]1(O)C(=O)OCc2c1cc1n(c2=O)Cc2c-1nc1cc(F)c(C)cc1c2[C@@H](C)NC(=O)C1(O)CC1. The van der Waals surface area contributed by atoms with Crippen molar-refractivity contribution in [2.75, 3.05) is 0 Å². The van der Waals surface area contributed by atoms with Crippen LogP contribution in [-0.2, 0) is 33.1 Å². The first-order chi connectivity index (χ1) is 17.5. The number of cyclic esters (lactones) is 1. The molecule has 0 radical (unpaired) electrons. The van der Waals surface area contributed by atoms with Crippen LogP contribution >= 0.6 is 0 Å². The number of hydrogen-bond acceptors (Lipinski definition) is 7. The zero-order chi connectivity index (χ0) is 26.4. The number of rotatable bonds is 4. The Hall–Kier alpha value is -3.63. The first-order valence-corrected chi connectivity index (χ1v) is 12.3. The van der Waals surface area contributed by atoms with Crippen LogP contribution in [0.3, 0.4) is 0 Å². The minimum absolute atomic E-state index is 0.0153. The predicted molar refractivity (Wildman–Crippen MR) is 130 cm³/mol. The molecule has 1 aromatic carbocycles. The minimum Gasteiger partial charge on any atom is -0.458 e. The van der Waals surface area contributed by atoms with Gasteiger partial charge in [0.05, 0.1) is 35.1 Å². The number of aryl methyl sites for hydroxylation is 1. The normalized spacial score (nSPS) is 21.6. The van der Waals surface area contributed by atoms with Crippen LogP contribution in [0.1, 0.15) is 67.0 Å². The minimum atomic E-state index is -1.96. The molecule has 10 heteroatoms. The van der Waals surface area contributed by atoms with Gasteiger partial charge in [-0.25, -0.2) is 14.2 Å². The van der Waals surface area contributed by atoms with Crippen LogP contribution in [0, 0.1) is 12.7 Å². The van der Waals surface area contributed by atoms with Crippen LogP contribution < -0.4 is 10.9 Å². The van der Waals surface area contributed by atoms with Crippen molar-refractivity contribution in [1.82, 2.24) is 14.9 Å². The highest BCUT2D eigenvalue weighted by Gasteiger charge is 2.49. The number of halogens is 1. The van der Waals surface area contributed by atoms with Crippen molar-refractivity contribution in [2.45, 2.75) is 70.4 Å². The topological polar surface area (TPSA) is 131 Å². The molecule has 0 saturated heterocycles. The number of hydrogen-bond donors (Lipinski definition) is 3. The Labute approximate surface area is 210 Å². The van der Waals surface area contributed by atoms with Crippen molar-refractivity contribution in [2.24, 2.45) is 0 Å². The summed E-state index contributed by atoms with van der Waals surface area (Å²) in [5, 5.41) is 24.9. The van der Waals surface area contributed by atoms with E-state index in [-0.39, 0.29) is 30.7 Å². The van der Waals surface area contributed by atoms with E-state index in [1.807, 2.05) is 0 Å². The highest BCUT2D eigenvalue weighted by molar-refractivity contribution is 5.92. The molecular formula is C27H26FN3O6. The lowest BCUT2D eigenvalue weighted by Gasteiger charge is -2.31. The van der Waals surface area contributed by atoms with E-state index in [4.69, 9.17) is 9.72 Å². The summed E-state index contributed by atoms with van der Waals surface area (Å²) in [5.74, 6) is -1.74. The van der Waals surface area contributed by atoms with Gasteiger partial charge in [0.1, 0.15) is 18.0 Å². The van der Waals surface area contributed by atoms with E-state index >= 15 is 0 Å². The fraction of sp³-hybridized carbons (Fsp3) is 0.407. The highest BCUT2D eigenvalue weighted by Crippen LogP contribution is 2.42. The van der Waals surface area contributed by atoms with E-state index in [0.29, 0.717) is 51.8 Å². The second-order valence-corrected chi connectivity index (χ2v) is 10.3. The number of nitrogens with one attached hydrogen (secondary N) is 1. The van der Waals surface area contributed by atoms with E-state index < -0.39 is 40.5 Å². The molecule has 1 amide bonds. The fourth-order valence-corrected chi connectivity index (χ4v) is 5.48. The van der Waals surface area contributed by atoms with Crippen LogP contribution in [0.15, 0.2) is 23.0 Å². The maximum Gasteiger partial charge on any atom is 0.343 e. The molecule has 192 valence electrons. The third-order valence-electron chi connectivity index (χ3n) is 7.94. The molecule has 9 nitrogen and oxygen atoms in total. The average Bonchev–Trinajstić information content (AvgIpc) is 3.52. The molecule has 3 aromatic rings. The molecule has 37 heavy (non-hydrogen) atoms. The van der Waals surface area contributed by atoms with Crippen molar-refractivity contribution in [3.8, 4) is 11.4 Å². The number of aromatic nitrogens is 2. The molecule has 3 aliphatic rings. The van der Waals surface area contributed by atoms with Gasteiger partial charge in [0.2, 0.25) is 0 Å². The summed E-state index contributed by atoms with van der Waals surface area (Å²) in [6.45, 7) is 4.93. The lowest BCUT2D eigenvalue weighted by Crippen LogP contribution is -2.44. The summed E-state index contributed by atoms with van der Waals surface area (Å²) < 4.78 is 21.2. The first kappa shape index (κ1) is 23.7. The Kier molecular flexibility index (Phi) is 4.93. The maximum atomic E-state index is 14.6. The van der Waals surface area contributed by atoms with Crippen LogP contribution in [0.4, 0.5) is 4.39 Å². The molecular weight excluding hydrogens is 481 g/mol. The van der Waals surface area contributed by atoms with Gasteiger partial charge in [0.15, 0.2) is 5.60 Å². The van der Waals surface area contributed by atoms with Crippen LogP contribution in [-0.4, -0.2) is 37.2 Å². The summed E-state index contributed by atoms with van der Waals surface area (Å²) in [6, 6.07) is 3.99. The van der Waals surface area contributed by atoms with Crippen molar-refractivity contribution < 1.29 is 28.9 Å². The Morgan fingerprint density at radius 3 is 2.65 bits per heavy atom. The largest absolute Gasteiger partial charge is 0.458 e. The van der Waals surface area contributed by atoms with Crippen LogP contribution in [0.5, 0.6) is 0 Å². The molecule has 4 heterocycles. The highest BCUT2D eigenvalue weighted by atomic mass is 19.1. The molecule has 3 N–H and O–H groups in total.